The van der Waals surface area contributed by atoms with Crippen LogP contribution in [0.2, 0.25) is 0 Å². The Hall–Kier alpha value is -3.52. The van der Waals surface area contributed by atoms with Crippen LogP contribution in [0.4, 0.5) is 0 Å². The van der Waals surface area contributed by atoms with Gasteiger partial charge >= 0.3 is 0 Å². The number of hydrogen-bond acceptors (Lipinski definition) is 5. The molecule has 8 heteroatoms. The lowest BCUT2D eigenvalue weighted by molar-refractivity contribution is -0.143. The molecule has 198 valence electrons. The van der Waals surface area contributed by atoms with Crippen molar-refractivity contribution in [3.63, 3.8) is 0 Å². The van der Waals surface area contributed by atoms with E-state index in [4.69, 9.17) is 0 Å². The van der Waals surface area contributed by atoms with Crippen molar-refractivity contribution in [2.24, 2.45) is 5.92 Å². The molecule has 0 bridgehead atoms. The number of amides is 3. The number of benzene rings is 2. The second-order valence-electron chi connectivity index (χ2n) is 10.6. The van der Waals surface area contributed by atoms with Gasteiger partial charge in [0.25, 0.3) is 5.91 Å². The van der Waals surface area contributed by atoms with Gasteiger partial charge in [0.05, 0.1) is 22.1 Å². The third-order valence-corrected chi connectivity index (χ3v) is 8.66. The minimum absolute atomic E-state index is 0.0790. The molecule has 1 N–H and O–H groups in total. The van der Waals surface area contributed by atoms with Gasteiger partial charge in [-0.05, 0) is 55.4 Å². The highest BCUT2D eigenvalue weighted by atomic mass is 32.1. The van der Waals surface area contributed by atoms with Gasteiger partial charge < -0.3 is 15.1 Å². The molecular weight excluding hydrogens is 496 g/mol. The van der Waals surface area contributed by atoms with Gasteiger partial charge in [0, 0.05) is 18.7 Å². The lowest BCUT2D eigenvalue weighted by atomic mass is 10.00. The van der Waals surface area contributed by atoms with Crippen molar-refractivity contribution >= 4 is 29.1 Å². The molecule has 3 atom stereocenters. The van der Waals surface area contributed by atoms with Gasteiger partial charge in [-0.3, -0.25) is 14.4 Å². The van der Waals surface area contributed by atoms with E-state index in [1.807, 2.05) is 69.6 Å². The van der Waals surface area contributed by atoms with Gasteiger partial charge in [-0.2, -0.15) is 0 Å². The molecule has 0 spiro atoms. The second kappa shape index (κ2) is 10.7. The Bertz CT molecular complexity index is 1350. The Morgan fingerprint density at radius 1 is 1.08 bits per heavy atom. The maximum Gasteiger partial charge on any atom is 0.255 e. The van der Waals surface area contributed by atoms with Gasteiger partial charge in [-0.25, -0.2) is 4.98 Å². The summed E-state index contributed by atoms with van der Waals surface area (Å²) < 4.78 is 0. The predicted molar refractivity (Wildman–Crippen MR) is 149 cm³/mol. The van der Waals surface area contributed by atoms with Crippen LogP contribution in [-0.2, 0) is 16.1 Å². The monoisotopic (exact) mass is 530 g/mol. The molecule has 3 heterocycles. The van der Waals surface area contributed by atoms with Crippen molar-refractivity contribution in [2.45, 2.75) is 65.2 Å². The summed E-state index contributed by atoms with van der Waals surface area (Å²) in [7, 11) is 0. The van der Waals surface area contributed by atoms with Crippen LogP contribution in [0.3, 0.4) is 0 Å². The normalized spacial score (nSPS) is 18.6. The molecule has 1 saturated heterocycles. The molecule has 0 radical (unpaired) electrons. The van der Waals surface area contributed by atoms with Crippen LogP contribution in [0, 0.1) is 12.8 Å². The van der Waals surface area contributed by atoms with Gasteiger partial charge in [0.15, 0.2) is 0 Å². The summed E-state index contributed by atoms with van der Waals surface area (Å²) in [6.07, 6.45) is 1.38. The zero-order valence-electron chi connectivity index (χ0n) is 22.3. The van der Waals surface area contributed by atoms with Crippen LogP contribution in [-0.4, -0.2) is 51.1 Å². The number of nitrogens with one attached hydrogen (secondary N) is 1. The number of carbonyl (C=O) groups excluding carboxylic acids is 3. The topological polar surface area (TPSA) is 82.6 Å². The van der Waals surface area contributed by atoms with Crippen molar-refractivity contribution in [2.75, 3.05) is 6.54 Å². The van der Waals surface area contributed by atoms with Gasteiger partial charge in [0.1, 0.15) is 12.1 Å². The molecule has 3 amide bonds. The van der Waals surface area contributed by atoms with Crippen molar-refractivity contribution in [1.82, 2.24) is 20.1 Å². The van der Waals surface area contributed by atoms with Gasteiger partial charge in [-0.1, -0.05) is 56.3 Å². The lowest BCUT2D eigenvalue weighted by Crippen LogP contribution is -2.55. The van der Waals surface area contributed by atoms with Crippen molar-refractivity contribution < 1.29 is 14.4 Å². The molecule has 1 fully saturated rings. The highest BCUT2D eigenvalue weighted by molar-refractivity contribution is 7.13. The van der Waals surface area contributed by atoms with E-state index in [2.05, 4.69) is 22.4 Å². The largest absolute Gasteiger partial charge is 0.348 e. The Balaban J connectivity index is 1.28. The van der Waals surface area contributed by atoms with E-state index in [-0.39, 0.29) is 29.7 Å². The number of nitrogens with zero attached hydrogens (tertiary/aromatic N) is 3. The quantitative estimate of drug-likeness (QED) is 0.468. The average molecular weight is 531 g/mol. The molecular formula is C30H34N4O3S. The zero-order valence-corrected chi connectivity index (χ0v) is 23.1. The van der Waals surface area contributed by atoms with E-state index in [1.54, 1.807) is 21.1 Å². The fourth-order valence-electron chi connectivity index (χ4n) is 5.65. The molecule has 0 saturated carbocycles. The number of rotatable bonds is 7. The van der Waals surface area contributed by atoms with E-state index < -0.39 is 12.1 Å². The number of thiazole rings is 1. The molecule has 2 aromatic carbocycles. The minimum atomic E-state index is -0.608. The standard InChI is InChI=1S/C30H34N4O3S/c1-18(2)26(34-16-23-8-5-6-9-24(23)29(34)36)30(37)33-15-7-10-25(33)28(35)32-19(3)21-11-13-22(14-12-21)27-20(4)31-17-38-27/h5-6,8-9,11-14,17-19,25-26H,7,10,15-16H2,1-4H3,(H,32,35). The first-order chi connectivity index (χ1) is 18.3. The van der Waals surface area contributed by atoms with Crippen molar-refractivity contribution in [3.05, 3.63) is 76.4 Å². The number of aryl methyl sites for hydroxylation is 1. The van der Waals surface area contributed by atoms with Crippen LogP contribution in [0.25, 0.3) is 10.4 Å². The molecule has 7 nitrogen and oxygen atoms in total. The Morgan fingerprint density at radius 2 is 1.82 bits per heavy atom. The number of likely N-dealkylation sites (tertiary alicyclic amines) is 1. The summed E-state index contributed by atoms with van der Waals surface area (Å²) in [6, 6.07) is 14.3. The minimum Gasteiger partial charge on any atom is -0.348 e. The van der Waals surface area contributed by atoms with Crippen molar-refractivity contribution in [3.8, 4) is 10.4 Å². The summed E-state index contributed by atoms with van der Waals surface area (Å²) in [6.45, 7) is 8.82. The summed E-state index contributed by atoms with van der Waals surface area (Å²) >= 11 is 1.61. The highest BCUT2D eigenvalue weighted by Gasteiger charge is 2.43. The Labute approximate surface area is 227 Å². The number of aromatic nitrogens is 1. The van der Waals surface area contributed by atoms with E-state index in [9.17, 15) is 14.4 Å². The van der Waals surface area contributed by atoms with Gasteiger partial charge in [-0.15, -0.1) is 11.3 Å². The molecule has 2 aliphatic rings. The highest BCUT2D eigenvalue weighted by Crippen LogP contribution is 2.31. The first kappa shape index (κ1) is 26.1. The van der Waals surface area contributed by atoms with E-state index in [0.29, 0.717) is 25.1 Å². The summed E-state index contributed by atoms with van der Waals surface area (Å²) in [4.78, 5) is 49.3. The first-order valence-corrected chi connectivity index (χ1v) is 14.1. The molecule has 3 unspecified atom stereocenters. The second-order valence-corrected chi connectivity index (χ2v) is 11.4. The predicted octanol–water partition coefficient (Wildman–Crippen LogP) is 4.97. The van der Waals surface area contributed by atoms with E-state index in [0.717, 1.165) is 33.7 Å². The molecule has 5 rings (SSSR count). The van der Waals surface area contributed by atoms with Crippen LogP contribution in [0.1, 0.15) is 66.8 Å². The maximum atomic E-state index is 13.9. The van der Waals surface area contributed by atoms with Crippen molar-refractivity contribution in [1.29, 1.82) is 0 Å². The Morgan fingerprint density at radius 3 is 2.47 bits per heavy atom. The third-order valence-electron chi connectivity index (χ3n) is 7.69. The lowest BCUT2D eigenvalue weighted by Gasteiger charge is -2.35. The van der Waals surface area contributed by atoms with E-state index in [1.165, 1.54) is 0 Å². The SMILES string of the molecule is Cc1ncsc1-c1ccc(C(C)NC(=O)C2CCCN2C(=O)C(C(C)C)N2Cc3ccccc3C2=O)cc1. The Kier molecular flexibility index (Phi) is 7.34. The molecule has 3 aromatic rings. The van der Waals surface area contributed by atoms with Crippen LogP contribution in [0.5, 0.6) is 0 Å². The number of hydrogen-bond donors (Lipinski definition) is 1. The average Bonchev–Trinajstić information content (AvgIpc) is 3.64. The molecule has 2 aliphatic heterocycles. The van der Waals surface area contributed by atoms with E-state index >= 15 is 0 Å². The summed E-state index contributed by atoms with van der Waals surface area (Å²) in [5.41, 5.74) is 6.57. The third kappa shape index (κ3) is 4.85. The molecule has 0 aliphatic carbocycles. The summed E-state index contributed by atoms with van der Waals surface area (Å²) in [5.74, 6) is -0.483. The number of carbonyl (C=O) groups is 3. The van der Waals surface area contributed by atoms with Crippen LogP contribution < -0.4 is 5.32 Å². The fraction of sp³-hybridized carbons (Fsp3) is 0.400. The van der Waals surface area contributed by atoms with Gasteiger partial charge in [0.2, 0.25) is 11.8 Å². The van der Waals surface area contributed by atoms with Crippen LogP contribution in [0.15, 0.2) is 54.0 Å². The maximum absolute atomic E-state index is 13.9. The number of fused-ring (bicyclic) bond motifs is 1. The van der Waals surface area contributed by atoms with Crippen LogP contribution >= 0.6 is 11.3 Å². The zero-order chi connectivity index (χ0) is 27.0. The molecule has 38 heavy (non-hydrogen) atoms. The summed E-state index contributed by atoms with van der Waals surface area (Å²) in [5, 5.41) is 3.13. The molecule has 1 aromatic heterocycles. The first-order valence-electron chi connectivity index (χ1n) is 13.3. The smallest absolute Gasteiger partial charge is 0.255 e. The fourth-order valence-corrected chi connectivity index (χ4v) is 6.46.